The first-order chi connectivity index (χ1) is 6.27. The van der Waals surface area contributed by atoms with Gasteiger partial charge in [0.15, 0.2) is 0 Å². The second-order valence-corrected chi connectivity index (χ2v) is 3.31. The van der Waals surface area contributed by atoms with Crippen LogP contribution in [-0.4, -0.2) is 6.61 Å². The molecule has 1 unspecified atom stereocenters. The predicted molar refractivity (Wildman–Crippen MR) is 47.6 cm³/mol. The van der Waals surface area contributed by atoms with E-state index >= 15 is 0 Å². The van der Waals surface area contributed by atoms with Gasteiger partial charge in [-0.05, 0) is 36.6 Å². The Kier molecular flexibility index (Phi) is 2.29. The second kappa shape index (κ2) is 3.44. The summed E-state index contributed by atoms with van der Waals surface area (Å²) in [5.41, 5.74) is 5.01. The molecule has 13 heavy (non-hydrogen) atoms. The maximum atomic E-state index is 12.8. The number of hydrogen-bond acceptors (Lipinski definition) is 2. The molecular formula is C10H12FNO. The smallest absolute Gasteiger partial charge is 0.123 e. The normalized spacial score (nSPS) is 22.2. The molecule has 0 bridgehead atoms. The summed E-state index contributed by atoms with van der Waals surface area (Å²) in [6, 6.07) is 5.08. The van der Waals surface area contributed by atoms with E-state index in [9.17, 15) is 4.39 Å². The highest BCUT2D eigenvalue weighted by molar-refractivity contribution is 5.29. The molecule has 0 aliphatic carbocycles. The lowest BCUT2D eigenvalue weighted by Crippen LogP contribution is -2.12. The van der Waals surface area contributed by atoms with Gasteiger partial charge in [0, 0.05) is 0 Å². The summed E-state index contributed by atoms with van der Waals surface area (Å²) in [6.45, 7) is 2.64. The van der Waals surface area contributed by atoms with Gasteiger partial charge in [-0.2, -0.15) is 5.48 Å². The first kappa shape index (κ1) is 8.66. The Morgan fingerprint density at radius 3 is 3.00 bits per heavy atom. The number of nitrogens with one attached hydrogen (secondary N) is 1. The molecule has 0 spiro atoms. The van der Waals surface area contributed by atoms with Crippen LogP contribution < -0.4 is 5.48 Å². The van der Waals surface area contributed by atoms with Crippen molar-refractivity contribution in [3.63, 3.8) is 0 Å². The van der Waals surface area contributed by atoms with Crippen LogP contribution in [0.25, 0.3) is 0 Å². The molecule has 1 fully saturated rings. The zero-order valence-electron chi connectivity index (χ0n) is 7.51. The van der Waals surface area contributed by atoms with Crippen molar-refractivity contribution in [3.8, 4) is 0 Å². The molecule has 1 aliphatic heterocycles. The molecule has 3 heteroatoms. The zero-order chi connectivity index (χ0) is 9.26. The third-order valence-corrected chi connectivity index (χ3v) is 2.34. The summed E-state index contributed by atoms with van der Waals surface area (Å²) in [5, 5.41) is 0. The van der Waals surface area contributed by atoms with Gasteiger partial charge in [-0.1, -0.05) is 6.07 Å². The number of benzene rings is 1. The van der Waals surface area contributed by atoms with E-state index in [1.807, 2.05) is 13.0 Å². The minimum Gasteiger partial charge on any atom is -0.301 e. The molecule has 2 nitrogen and oxygen atoms in total. The van der Waals surface area contributed by atoms with Crippen molar-refractivity contribution in [2.45, 2.75) is 19.4 Å². The standard InChI is InChI=1S/C10H12FNO/c1-7-6-8(11)2-3-9(7)10-4-5-13-12-10/h2-3,6,10,12H,4-5H2,1H3. The van der Waals surface area contributed by atoms with E-state index < -0.39 is 0 Å². The summed E-state index contributed by atoms with van der Waals surface area (Å²) < 4.78 is 12.8. The Balaban J connectivity index is 2.29. The number of halogens is 1. The Hall–Kier alpha value is -0.930. The van der Waals surface area contributed by atoms with Crippen LogP contribution in [0.1, 0.15) is 23.6 Å². The fourth-order valence-electron chi connectivity index (χ4n) is 1.64. The lowest BCUT2D eigenvalue weighted by Gasteiger charge is -2.11. The van der Waals surface area contributed by atoms with E-state index in [1.54, 1.807) is 6.07 Å². The summed E-state index contributed by atoms with van der Waals surface area (Å²) in [4.78, 5) is 5.05. The first-order valence-electron chi connectivity index (χ1n) is 4.41. The molecule has 1 atom stereocenters. The summed E-state index contributed by atoms with van der Waals surface area (Å²) >= 11 is 0. The van der Waals surface area contributed by atoms with E-state index in [4.69, 9.17) is 4.84 Å². The first-order valence-corrected chi connectivity index (χ1v) is 4.41. The van der Waals surface area contributed by atoms with Gasteiger partial charge >= 0.3 is 0 Å². The fraction of sp³-hybridized carbons (Fsp3) is 0.400. The number of rotatable bonds is 1. The van der Waals surface area contributed by atoms with Gasteiger partial charge in [-0.25, -0.2) is 4.39 Å². The van der Waals surface area contributed by atoms with E-state index in [1.165, 1.54) is 6.07 Å². The van der Waals surface area contributed by atoms with Crippen LogP contribution in [0.4, 0.5) is 4.39 Å². The third kappa shape index (κ3) is 1.71. The minimum atomic E-state index is -0.180. The SMILES string of the molecule is Cc1cc(F)ccc1C1CCON1. The van der Waals surface area contributed by atoms with Gasteiger partial charge in [-0.3, -0.25) is 0 Å². The van der Waals surface area contributed by atoms with Gasteiger partial charge in [0.1, 0.15) is 5.82 Å². The van der Waals surface area contributed by atoms with Gasteiger partial charge < -0.3 is 4.84 Å². The molecule has 0 amide bonds. The molecule has 1 heterocycles. The highest BCUT2D eigenvalue weighted by Crippen LogP contribution is 2.24. The number of hydrogen-bond donors (Lipinski definition) is 1. The van der Waals surface area contributed by atoms with Crippen LogP contribution in [0.5, 0.6) is 0 Å². The Bertz CT molecular complexity index is 308. The van der Waals surface area contributed by atoms with Crippen LogP contribution in [0.15, 0.2) is 18.2 Å². The quantitative estimate of drug-likeness (QED) is 0.716. The monoisotopic (exact) mass is 181 g/mol. The second-order valence-electron chi connectivity index (χ2n) is 3.31. The fourth-order valence-corrected chi connectivity index (χ4v) is 1.64. The largest absolute Gasteiger partial charge is 0.301 e. The molecular weight excluding hydrogens is 169 g/mol. The van der Waals surface area contributed by atoms with Gasteiger partial charge in [0.05, 0.1) is 12.6 Å². The molecule has 0 saturated carbocycles. The molecule has 0 radical (unpaired) electrons. The van der Waals surface area contributed by atoms with E-state index in [2.05, 4.69) is 5.48 Å². The lowest BCUT2D eigenvalue weighted by molar-refractivity contribution is 0.0882. The van der Waals surface area contributed by atoms with E-state index in [-0.39, 0.29) is 11.9 Å². The summed E-state index contributed by atoms with van der Waals surface area (Å²) in [5.74, 6) is -0.180. The summed E-state index contributed by atoms with van der Waals surface area (Å²) in [6.07, 6.45) is 0.951. The zero-order valence-corrected chi connectivity index (χ0v) is 7.51. The van der Waals surface area contributed by atoms with Crippen molar-refractivity contribution in [3.05, 3.63) is 35.1 Å². The van der Waals surface area contributed by atoms with Crippen LogP contribution in [-0.2, 0) is 4.84 Å². The molecule has 2 rings (SSSR count). The Morgan fingerprint density at radius 2 is 2.38 bits per heavy atom. The van der Waals surface area contributed by atoms with E-state index in [0.717, 1.165) is 24.2 Å². The molecule has 0 aromatic heterocycles. The lowest BCUT2D eigenvalue weighted by atomic mass is 10.0. The van der Waals surface area contributed by atoms with Crippen LogP contribution >= 0.6 is 0 Å². The number of hydroxylamine groups is 1. The molecule has 1 N–H and O–H groups in total. The van der Waals surface area contributed by atoms with Crippen molar-refractivity contribution in [2.24, 2.45) is 0 Å². The average Bonchev–Trinajstić information content (AvgIpc) is 2.56. The Morgan fingerprint density at radius 1 is 1.54 bits per heavy atom. The van der Waals surface area contributed by atoms with Crippen molar-refractivity contribution >= 4 is 0 Å². The maximum absolute atomic E-state index is 12.8. The topological polar surface area (TPSA) is 21.3 Å². The highest BCUT2D eigenvalue weighted by Gasteiger charge is 2.18. The van der Waals surface area contributed by atoms with Gasteiger partial charge in [-0.15, -0.1) is 0 Å². The molecule has 1 saturated heterocycles. The predicted octanol–water partition coefficient (Wildman–Crippen LogP) is 2.10. The average molecular weight is 181 g/mol. The van der Waals surface area contributed by atoms with Crippen LogP contribution in [0.2, 0.25) is 0 Å². The highest BCUT2D eigenvalue weighted by atomic mass is 19.1. The van der Waals surface area contributed by atoms with Crippen molar-refractivity contribution in [1.82, 2.24) is 5.48 Å². The van der Waals surface area contributed by atoms with Crippen LogP contribution in [0.3, 0.4) is 0 Å². The molecule has 1 aliphatic rings. The molecule has 1 aromatic rings. The maximum Gasteiger partial charge on any atom is 0.123 e. The van der Waals surface area contributed by atoms with Crippen molar-refractivity contribution < 1.29 is 9.23 Å². The Labute approximate surface area is 76.7 Å². The van der Waals surface area contributed by atoms with Gasteiger partial charge in [0.2, 0.25) is 0 Å². The van der Waals surface area contributed by atoms with Crippen molar-refractivity contribution in [1.29, 1.82) is 0 Å². The number of aryl methyl sites for hydroxylation is 1. The van der Waals surface area contributed by atoms with Crippen molar-refractivity contribution in [2.75, 3.05) is 6.61 Å². The summed E-state index contributed by atoms with van der Waals surface area (Å²) in [7, 11) is 0. The van der Waals surface area contributed by atoms with Crippen LogP contribution in [0, 0.1) is 12.7 Å². The molecule has 1 aromatic carbocycles. The molecule has 70 valence electrons. The third-order valence-electron chi connectivity index (χ3n) is 2.34. The van der Waals surface area contributed by atoms with E-state index in [0.29, 0.717) is 0 Å². The van der Waals surface area contributed by atoms with Gasteiger partial charge in [0.25, 0.3) is 0 Å². The minimum absolute atomic E-state index is 0.180.